The van der Waals surface area contributed by atoms with Crippen LogP contribution in [0.4, 0.5) is 11.4 Å². The van der Waals surface area contributed by atoms with Crippen molar-refractivity contribution in [3.63, 3.8) is 0 Å². The summed E-state index contributed by atoms with van der Waals surface area (Å²) in [6.45, 7) is 8.37. The summed E-state index contributed by atoms with van der Waals surface area (Å²) >= 11 is 0. The molecule has 2 heterocycles. The van der Waals surface area contributed by atoms with Crippen LogP contribution in [0.25, 0.3) is 44.4 Å². The Bertz CT molecular complexity index is 2810. The number of nitrogens with zero attached hydrogens (tertiary/aromatic N) is 4. The molecule has 0 unspecified atom stereocenters. The van der Waals surface area contributed by atoms with Crippen LogP contribution in [-0.4, -0.2) is 28.2 Å². The summed E-state index contributed by atoms with van der Waals surface area (Å²) < 4.78 is 14.7. The molecule has 0 N–H and O–H groups in total. The van der Waals surface area contributed by atoms with Gasteiger partial charge in [0.25, 0.3) is 0 Å². The monoisotopic (exact) mass is 756 g/mol. The molecule has 0 aliphatic carbocycles. The van der Waals surface area contributed by atoms with Crippen LogP contribution in [0.15, 0.2) is 164 Å². The maximum absolute atomic E-state index is 12.9. The van der Waals surface area contributed by atoms with Crippen LogP contribution in [0.2, 0.25) is 0 Å². The van der Waals surface area contributed by atoms with Crippen molar-refractivity contribution in [1.82, 2.24) is 0 Å². The summed E-state index contributed by atoms with van der Waals surface area (Å²) in [6, 6.07) is 44.5. The number of anilines is 2. The molecule has 0 aliphatic heterocycles. The van der Waals surface area contributed by atoms with Gasteiger partial charge in [0.2, 0.25) is 11.4 Å². The average Bonchev–Trinajstić information content (AvgIpc) is 3.21. The molecule has 0 bridgehead atoms. The summed E-state index contributed by atoms with van der Waals surface area (Å²) in [7, 11) is 7.96. The highest BCUT2D eigenvalue weighted by Crippen LogP contribution is 2.36. The van der Waals surface area contributed by atoms with Gasteiger partial charge in [-0.1, -0.05) is 89.7 Å². The Morgan fingerprint density at radius 2 is 1.00 bits per heavy atom. The molecule has 8 heteroatoms. The van der Waals surface area contributed by atoms with Gasteiger partial charge >= 0.3 is 11.5 Å². The predicted octanol–water partition coefficient (Wildman–Crippen LogP) is 8.88. The normalized spacial score (nSPS) is 11.3. The summed E-state index contributed by atoms with van der Waals surface area (Å²) in [5, 5.41) is 1.80. The standard InChI is InChI=1S/C26H27N2O2.C23H21N2O2/c1-18-15-19-17-28(22-13-11-21(12-14-22)27(4)5)25(29)30-24(19)23(16-18)26(2,3)20-9-7-6-8-10-20;1-16-13-18(17-7-5-4-6-8-17)14-19-15-25(23(26)27-22(16)19)21-11-9-20(10-12-21)24(2)3/h6-17H,1-5H3;4-15H,1-3H3/q2*+1. The first kappa shape index (κ1) is 38.5. The Morgan fingerprint density at radius 3 is 1.51 bits per heavy atom. The van der Waals surface area contributed by atoms with Crippen molar-refractivity contribution in [3.05, 3.63) is 189 Å². The maximum atomic E-state index is 12.9. The molecule has 57 heavy (non-hydrogen) atoms. The minimum absolute atomic E-state index is 0.305. The topological polar surface area (TPSA) is 74.7 Å². The third-order valence-corrected chi connectivity index (χ3v) is 10.4. The lowest BCUT2D eigenvalue weighted by atomic mass is 9.77. The number of benzene rings is 6. The molecule has 6 aromatic carbocycles. The zero-order chi connectivity index (χ0) is 40.4. The lowest BCUT2D eigenvalue weighted by molar-refractivity contribution is -0.623. The highest BCUT2D eigenvalue weighted by molar-refractivity contribution is 5.85. The highest BCUT2D eigenvalue weighted by atomic mass is 16.4. The van der Waals surface area contributed by atoms with E-state index in [-0.39, 0.29) is 5.41 Å². The number of aromatic nitrogens is 2. The highest BCUT2D eigenvalue weighted by Gasteiger charge is 2.29. The minimum atomic E-state index is -0.394. The Kier molecular flexibility index (Phi) is 10.6. The summed E-state index contributed by atoms with van der Waals surface area (Å²) in [6.07, 6.45) is 3.73. The molecule has 8 rings (SSSR count). The summed E-state index contributed by atoms with van der Waals surface area (Å²) in [4.78, 5) is 29.5. The minimum Gasteiger partial charge on any atom is -0.378 e. The van der Waals surface area contributed by atoms with E-state index < -0.39 is 11.5 Å². The number of fused-ring (bicyclic) bond motifs is 2. The molecule has 286 valence electrons. The van der Waals surface area contributed by atoms with Gasteiger partial charge in [0.15, 0.2) is 23.6 Å². The van der Waals surface area contributed by atoms with E-state index in [4.69, 9.17) is 8.83 Å². The van der Waals surface area contributed by atoms with E-state index in [0.29, 0.717) is 11.2 Å². The molecule has 0 spiro atoms. The Balaban J connectivity index is 0.000000175. The van der Waals surface area contributed by atoms with Crippen molar-refractivity contribution < 1.29 is 18.0 Å². The molecule has 0 aliphatic rings. The van der Waals surface area contributed by atoms with Crippen LogP contribution in [0.5, 0.6) is 0 Å². The van der Waals surface area contributed by atoms with Gasteiger partial charge in [-0.2, -0.15) is 9.59 Å². The Hall–Kier alpha value is -6.80. The first-order valence-electron chi connectivity index (χ1n) is 19.0. The number of hydrogen-bond acceptors (Lipinski definition) is 6. The van der Waals surface area contributed by atoms with E-state index >= 15 is 0 Å². The molecule has 8 aromatic rings. The first-order chi connectivity index (χ1) is 27.3. The van der Waals surface area contributed by atoms with Crippen LogP contribution in [0.3, 0.4) is 0 Å². The van der Waals surface area contributed by atoms with Crippen molar-refractivity contribution in [3.8, 4) is 22.5 Å². The zero-order valence-electron chi connectivity index (χ0n) is 33.8. The van der Waals surface area contributed by atoms with E-state index in [9.17, 15) is 9.59 Å². The summed E-state index contributed by atoms with van der Waals surface area (Å²) in [5.74, 6) is -0.787. The van der Waals surface area contributed by atoms with Crippen molar-refractivity contribution in [2.24, 2.45) is 0 Å². The fourth-order valence-electron chi connectivity index (χ4n) is 7.16. The molecule has 0 atom stereocenters. The first-order valence-corrected chi connectivity index (χ1v) is 19.0. The quantitative estimate of drug-likeness (QED) is 0.151. The van der Waals surface area contributed by atoms with Crippen LogP contribution >= 0.6 is 0 Å². The molecule has 0 saturated carbocycles. The van der Waals surface area contributed by atoms with Crippen molar-refractivity contribution in [2.75, 3.05) is 38.0 Å². The lowest BCUT2D eigenvalue weighted by Gasteiger charge is -2.26. The van der Waals surface area contributed by atoms with Crippen LogP contribution in [-0.2, 0) is 5.41 Å². The maximum Gasteiger partial charge on any atom is 0.608 e. The molecular formula is C49H48N4O4+2. The van der Waals surface area contributed by atoms with Gasteiger partial charge in [-0.25, -0.2) is 0 Å². The molecular weight excluding hydrogens is 709 g/mol. The van der Waals surface area contributed by atoms with Crippen molar-refractivity contribution in [2.45, 2.75) is 33.1 Å². The van der Waals surface area contributed by atoms with E-state index in [1.54, 1.807) is 9.13 Å². The van der Waals surface area contributed by atoms with Gasteiger partial charge in [-0.05, 0) is 84.1 Å². The second-order valence-electron chi connectivity index (χ2n) is 15.4. The van der Waals surface area contributed by atoms with Gasteiger partial charge in [-0.3, -0.25) is 0 Å². The van der Waals surface area contributed by atoms with E-state index in [1.165, 1.54) is 5.56 Å². The Labute approximate surface area is 333 Å². The van der Waals surface area contributed by atoms with Gasteiger partial charge in [0.05, 0.1) is 10.8 Å². The number of rotatable bonds is 7. The van der Waals surface area contributed by atoms with E-state index in [2.05, 4.69) is 69.3 Å². The fraction of sp³-hybridized carbons (Fsp3) is 0.184. The number of hydrogen-bond donors (Lipinski definition) is 0. The van der Waals surface area contributed by atoms with Gasteiger partial charge in [0, 0.05) is 74.8 Å². The van der Waals surface area contributed by atoms with E-state index in [0.717, 1.165) is 61.3 Å². The zero-order valence-corrected chi connectivity index (χ0v) is 33.8. The van der Waals surface area contributed by atoms with Crippen molar-refractivity contribution in [1.29, 1.82) is 0 Å². The lowest BCUT2D eigenvalue weighted by Crippen LogP contribution is -2.46. The second-order valence-corrected chi connectivity index (χ2v) is 15.4. The molecule has 0 fully saturated rings. The molecule has 0 radical (unpaired) electrons. The SMILES string of the molecule is Cc1cc(-c2ccccc2)cc2c[n+](-c3ccc(N(C)C)cc3)c(=O)oc12.Cc1cc(C(C)(C)c2ccccc2)c2oc(=O)[n+](-c3ccc(N(C)C)cc3)cc2c1. The van der Waals surface area contributed by atoms with E-state index in [1.807, 2.05) is 142 Å². The molecule has 8 nitrogen and oxygen atoms in total. The largest absolute Gasteiger partial charge is 0.608 e. The average molecular weight is 757 g/mol. The van der Waals surface area contributed by atoms with Crippen LogP contribution in [0, 0.1) is 13.8 Å². The predicted molar refractivity (Wildman–Crippen MR) is 230 cm³/mol. The van der Waals surface area contributed by atoms with Crippen molar-refractivity contribution >= 4 is 33.3 Å². The molecule has 0 saturated heterocycles. The summed E-state index contributed by atoms with van der Waals surface area (Å²) in [5.41, 5.74) is 11.2. The van der Waals surface area contributed by atoms with Gasteiger partial charge < -0.3 is 18.6 Å². The third-order valence-electron chi connectivity index (χ3n) is 10.4. The second kappa shape index (κ2) is 15.7. The van der Waals surface area contributed by atoms with Gasteiger partial charge in [0.1, 0.15) is 0 Å². The van der Waals surface area contributed by atoms with Gasteiger partial charge in [-0.15, -0.1) is 0 Å². The molecule has 0 amide bonds. The molecule has 2 aromatic heterocycles. The Morgan fingerprint density at radius 1 is 0.526 bits per heavy atom. The fourth-order valence-corrected chi connectivity index (χ4v) is 7.16. The third kappa shape index (κ3) is 7.98. The number of aryl methyl sites for hydroxylation is 2. The van der Waals surface area contributed by atoms with Crippen LogP contribution in [0.1, 0.15) is 36.1 Å². The van der Waals surface area contributed by atoms with Crippen LogP contribution < -0.4 is 30.4 Å². The smallest absolute Gasteiger partial charge is 0.378 e.